The average molecular weight is 775 g/mol. The van der Waals surface area contributed by atoms with Gasteiger partial charge in [0.15, 0.2) is 0 Å². The number of nitrogens with one attached hydrogen (secondary N) is 5. The van der Waals surface area contributed by atoms with E-state index in [0.29, 0.717) is 58.6 Å². The number of terminal acetylenes is 1. The summed E-state index contributed by atoms with van der Waals surface area (Å²) >= 11 is 0. The molecule has 0 fully saturated rings. The second-order valence-electron chi connectivity index (χ2n) is 11.4. The first kappa shape index (κ1) is 49.8. The predicted molar refractivity (Wildman–Crippen MR) is 218 cm³/mol. The molecule has 0 atom stereocenters. The highest BCUT2D eigenvalue weighted by Crippen LogP contribution is 2.05. The molecule has 0 aliphatic carbocycles. The van der Waals surface area contributed by atoms with E-state index in [0.717, 1.165) is 57.8 Å². The number of unbranched alkanes of at least 4 members (excludes halogenated alkanes) is 9. The summed E-state index contributed by atoms with van der Waals surface area (Å²) in [5.74, 6) is 38.6. The standard InChI is InChI=1S/C44H50N6O7/c1-4-6-7-8-9-10-11-12-13-14-15-16-17-18-25-32-39-57-44(55)49-37-29-22-21-28-35-47-42(53)50(38-31-24-23-30-36-48-43(54)56-5-2)41(52)46-34-27-20-19-26-33-45-40(3)51/h1H,5,19-24,26-31,33-38H2,2-3H3,(H,45,51)(H,46,52)(H,47,53)(H,48,54)(H,49,55). The molecule has 0 saturated carbocycles. The Bertz CT molecular complexity index is 1860. The molecule has 5 N–H and O–H groups in total. The van der Waals surface area contributed by atoms with E-state index in [9.17, 15) is 24.0 Å². The summed E-state index contributed by atoms with van der Waals surface area (Å²) in [4.78, 5) is 61.3. The van der Waals surface area contributed by atoms with Crippen molar-refractivity contribution in [3.05, 3.63) is 0 Å². The summed E-state index contributed by atoms with van der Waals surface area (Å²) in [5.41, 5.74) is 0. The molecule has 0 bridgehead atoms. The molecule has 0 aromatic carbocycles. The SMILES string of the molecule is C#CC#CC#CC#CC#CC#CC#CC#CC#COC(=O)NCCCCCCNC(=O)N(CCCCCCNC(=O)OCC)C(=O)NCCCCCCNC(C)=O. The Kier molecular flexibility index (Phi) is 33.6. The number of alkyl carbamates (subject to hydrolysis) is 2. The zero-order valence-corrected chi connectivity index (χ0v) is 32.8. The van der Waals surface area contributed by atoms with Gasteiger partial charge in [-0.25, -0.2) is 24.1 Å². The number of rotatable bonds is 22. The number of carbonyl (C=O) groups excluding carboxylic acids is 5. The Morgan fingerprint density at radius 1 is 0.474 bits per heavy atom. The average Bonchev–Trinajstić information content (AvgIpc) is 3.18. The van der Waals surface area contributed by atoms with Gasteiger partial charge in [-0.1, -0.05) is 38.5 Å². The first-order valence-electron chi connectivity index (χ1n) is 18.7. The van der Waals surface area contributed by atoms with Gasteiger partial charge in [0.25, 0.3) is 0 Å². The molecule has 13 heteroatoms. The fourth-order valence-electron chi connectivity index (χ4n) is 4.24. The summed E-state index contributed by atoms with van der Waals surface area (Å²) in [6, 6.07) is -0.900. The topological polar surface area (TPSA) is 167 Å². The second-order valence-corrected chi connectivity index (χ2v) is 11.4. The maximum Gasteiger partial charge on any atom is 0.421 e. The predicted octanol–water partition coefficient (Wildman–Crippen LogP) is 3.62. The van der Waals surface area contributed by atoms with Gasteiger partial charge in [-0.2, -0.15) is 0 Å². The number of imide groups is 1. The molecule has 0 heterocycles. The normalized spacial score (nSPS) is 8.37. The molecule has 0 aliphatic heterocycles. The van der Waals surface area contributed by atoms with Crippen molar-refractivity contribution in [3.63, 3.8) is 0 Å². The van der Waals surface area contributed by atoms with Crippen molar-refractivity contribution in [2.24, 2.45) is 0 Å². The monoisotopic (exact) mass is 774 g/mol. The van der Waals surface area contributed by atoms with Gasteiger partial charge in [0.2, 0.25) is 5.91 Å². The number of ether oxygens (including phenoxy) is 2. The van der Waals surface area contributed by atoms with Gasteiger partial charge in [0, 0.05) is 93.6 Å². The minimum atomic E-state index is -0.699. The third kappa shape index (κ3) is 35.6. The van der Waals surface area contributed by atoms with Crippen LogP contribution in [0.3, 0.4) is 0 Å². The fraction of sp³-hybridized carbons (Fsp3) is 0.477. The van der Waals surface area contributed by atoms with Crippen molar-refractivity contribution >= 4 is 30.2 Å². The first-order valence-corrected chi connectivity index (χ1v) is 18.7. The molecular weight excluding hydrogens is 725 g/mol. The van der Waals surface area contributed by atoms with Gasteiger partial charge in [0.1, 0.15) is 6.11 Å². The van der Waals surface area contributed by atoms with Crippen molar-refractivity contribution in [2.75, 3.05) is 45.9 Å². The lowest BCUT2D eigenvalue weighted by Gasteiger charge is -2.22. The lowest BCUT2D eigenvalue weighted by molar-refractivity contribution is -0.118. The van der Waals surface area contributed by atoms with Gasteiger partial charge >= 0.3 is 24.2 Å². The van der Waals surface area contributed by atoms with Crippen LogP contribution in [0.15, 0.2) is 0 Å². The van der Waals surface area contributed by atoms with Gasteiger partial charge < -0.3 is 36.1 Å². The van der Waals surface area contributed by atoms with Crippen LogP contribution in [-0.2, 0) is 14.3 Å². The summed E-state index contributed by atoms with van der Waals surface area (Å²) in [7, 11) is 0. The van der Waals surface area contributed by atoms with E-state index >= 15 is 0 Å². The van der Waals surface area contributed by atoms with Crippen LogP contribution in [0.4, 0.5) is 19.2 Å². The van der Waals surface area contributed by atoms with Crippen LogP contribution < -0.4 is 26.6 Å². The minimum Gasteiger partial charge on any atom is -0.450 e. The molecule has 0 unspecified atom stereocenters. The van der Waals surface area contributed by atoms with Crippen molar-refractivity contribution in [3.8, 4) is 107 Å². The minimum absolute atomic E-state index is 0.0520. The summed E-state index contributed by atoms with van der Waals surface area (Å²) in [6.45, 7) is 6.14. The van der Waals surface area contributed by atoms with Crippen LogP contribution in [0.5, 0.6) is 0 Å². The number of hydrogen-bond donors (Lipinski definition) is 5. The maximum absolute atomic E-state index is 13.0. The number of hydrogen-bond acceptors (Lipinski definition) is 7. The molecule has 0 radical (unpaired) electrons. The second kappa shape index (κ2) is 38.5. The number of carbonyl (C=O) groups is 5. The molecule has 298 valence electrons. The van der Waals surface area contributed by atoms with Crippen LogP contribution in [-0.4, -0.2) is 80.9 Å². The number of urea groups is 2. The third-order valence-electron chi connectivity index (χ3n) is 6.89. The molecule has 13 nitrogen and oxygen atoms in total. The fourth-order valence-corrected chi connectivity index (χ4v) is 4.24. The first-order chi connectivity index (χ1) is 27.8. The smallest absolute Gasteiger partial charge is 0.421 e. The van der Waals surface area contributed by atoms with Crippen LogP contribution in [0.25, 0.3) is 0 Å². The summed E-state index contributed by atoms with van der Waals surface area (Å²) in [6.07, 6.45) is 15.4. The van der Waals surface area contributed by atoms with Gasteiger partial charge in [0.05, 0.1) is 6.61 Å². The maximum atomic E-state index is 13.0. The van der Waals surface area contributed by atoms with Crippen LogP contribution in [0, 0.1) is 107 Å². The Balaban J connectivity index is 4.44. The third-order valence-corrected chi connectivity index (χ3v) is 6.89. The Morgan fingerprint density at radius 2 is 0.842 bits per heavy atom. The van der Waals surface area contributed by atoms with E-state index in [4.69, 9.17) is 15.9 Å². The highest BCUT2D eigenvalue weighted by Gasteiger charge is 2.20. The van der Waals surface area contributed by atoms with Crippen molar-refractivity contribution in [1.82, 2.24) is 31.5 Å². The molecule has 0 aromatic rings. The van der Waals surface area contributed by atoms with Crippen LogP contribution in [0.2, 0.25) is 0 Å². The van der Waals surface area contributed by atoms with Gasteiger partial charge in [-0.3, -0.25) is 4.79 Å². The Hall–Kier alpha value is -7.21. The Morgan fingerprint density at radius 3 is 1.26 bits per heavy atom. The molecule has 7 amide bonds. The number of nitrogens with zero attached hydrogens (tertiary/aromatic N) is 1. The van der Waals surface area contributed by atoms with E-state index in [1.807, 2.05) is 0 Å². The molecule has 0 aliphatic rings. The zero-order valence-electron chi connectivity index (χ0n) is 32.8. The van der Waals surface area contributed by atoms with E-state index in [1.165, 1.54) is 11.8 Å². The van der Waals surface area contributed by atoms with Crippen molar-refractivity contribution < 1.29 is 33.4 Å². The highest BCUT2D eigenvalue weighted by atomic mass is 16.5. The largest absolute Gasteiger partial charge is 0.450 e. The molecule has 0 aromatic heterocycles. The van der Waals surface area contributed by atoms with Gasteiger partial charge in [-0.15, -0.1) is 6.42 Å². The van der Waals surface area contributed by atoms with E-state index < -0.39 is 24.2 Å². The van der Waals surface area contributed by atoms with E-state index in [1.54, 1.807) is 6.92 Å². The number of amides is 7. The van der Waals surface area contributed by atoms with Crippen molar-refractivity contribution in [2.45, 2.75) is 90.9 Å². The van der Waals surface area contributed by atoms with E-state index in [-0.39, 0.29) is 12.5 Å². The highest BCUT2D eigenvalue weighted by molar-refractivity contribution is 5.93. The summed E-state index contributed by atoms with van der Waals surface area (Å²) in [5, 5.41) is 13.7. The molecule has 0 spiro atoms. The van der Waals surface area contributed by atoms with E-state index in [2.05, 4.69) is 127 Å². The Labute approximate surface area is 338 Å². The quantitative estimate of drug-likeness (QED) is 0.0828. The molecule has 0 saturated heterocycles. The zero-order chi connectivity index (χ0) is 41.9. The molecule has 0 rings (SSSR count). The molecule has 57 heavy (non-hydrogen) atoms. The summed E-state index contributed by atoms with van der Waals surface area (Å²) < 4.78 is 9.58. The van der Waals surface area contributed by atoms with Crippen LogP contribution >= 0.6 is 0 Å². The van der Waals surface area contributed by atoms with Gasteiger partial charge in [-0.05, 0) is 92.8 Å². The lowest BCUT2D eigenvalue weighted by atomic mass is 10.2. The van der Waals surface area contributed by atoms with Crippen LogP contribution in [0.1, 0.15) is 90.9 Å². The molecular formula is C44H50N6O7. The van der Waals surface area contributed by atoms with Crippen molar-refractivity contribution in [1.29, 1.82) is 0 Å². The lowest BCUT2D eigenvalue weighted by Crippen LogP contribution is -2.49.